The van der Waals surface area contributed by atoms with Crippen LogP contribution in [0, 0.1) is 0 Å². The van der Waals surface area contributed by atoms with Crippen molar-refractivity contribution in [3.05, 3.63) is 29.3 Å². The summed E-state index contributed by atoms with van der Waals surface area (Å²) in [4.78, 5) is 1.87. The molecule has 0 aromatic heterocycles. The molecule has 6 heteroatoms. The van der Waals surface area contributed by atoms with E-state index in [4.69, 9.17) is 4.74 Å². The van der Waals surface area contributed by atoms with Gasteiger partial charge in [-0.15, -0.1) is 0 Å². The van der Waals surface area contributed by atoms with Crippen LogP contribution in [0.4, 0.5) is 13.2 Å². The van der Waals surface area contributed by atoms with Crippen LogP contribution in [0.2, 0.25) is 0 Å². The largest absolute Gasteiger partial charge is 0.507 e. The average Bonchev–Trinajstić information content (AvgIpc) is 2.29. The molecule has 1 N–H and O–H groups in total. The number of halogens is 3. The van der Waals surface area contributed by atoms with Crippen LogP contribution >= 0.6 is 0 Å². The van der Waals surface area contributed by atoms with Crippen molar-refractivity contribution >= 4 is 0 Å². The Labute approximate surface area is 117 Å². The molecule has 0 heterocycles. The smallest absolute Gasteiger partial charge is 0.419 e. The second kappa shape index (κ2) is 6.95. The molecule has 1 aromatic rings. The van der Waals surface area contributed by atoms with Crippen LogP contribution in [0.1, 0.15) is 25.0 Å². The van der Waals surface area contributed by atoms with Crippen LogP contribution in [0.15, 0.2) is 18.2 Å². The van der Waals surface area contributed by atoms with Gasteiger partial charge in [-0.3, -0.25) is 4.90 Å². The summed E-state index contributed by atoms with van der Waals surface area (Å²) in [5.74, 6) is -0.743. The lowest BCUT2D eigenvalue weighted by molar-refractivity contribution is -0.138. The monoisotopic (exact) mass is 291 g/mol. The van der Waals surface area contributed by atoms with Gasteiger partial charge < -0.3 is 9.84 Å². The molecular weight excluding hydrogens is 271 g/mol. The summed E-state index contributed by atoms with van der Waals surface area (Å²) in [6.45, 7) is 5.37. The van der Waals surface area contributed by atoms with E-state index >= 15 is 0 Å². The average molecular weight is 291 g/mol. The zero-order valence-electron chi connectivity index (χ0n) is 11.9. The molecular formula is C14H20F3NO2. The quantitative estimate of drug-likeness (QED) is 0.873. The fraction of sp³-hybridized carbons (Fsp3) is 0.571. The minimum atomic E-state index is -4.54. The number of phenolic OH excluding ortho intramolecular Hbond substituents is 1. The van der Waals surface area contributed by atoms with Crippen molar-refractivity contribution in [1.29, 1.82) is 0 Å². The van der Waals surface area contributed by atoms with E-state index < -0.39 is 17.5 Å². The molecule has 1 rings (SSSR count). The summed E-state index contributed by atoms with van der Waals surface area (Å²) >= 11 is 0. The van der Waals surface area contributed by atoms with E-state index in [1.807, 2.05) is 25.8 Å². The van der Waals surface area contributed by atoms with E-state index in [1.165, 1.54) is 6.07 Å². The summed E-state index contributed by atoms with van der Waals surface area (Å²) in [5, 5.41) is 9.25. The number of hydrogen-bond donors (Lipinski definition) is 1. The van der Waals surface area contributed by atoms with Crippen molar-refractivity contribution in [3.63, 3.8) is 0 Å². The maximum atomic E-state index is 12.7. The first kappa shape index (κ1) is 16.8. The lowest BCUT2D eigenvalue weighted by Crippen LogP contribution is -2.24. The summed E-state index contributed by atoms with van der Waals surface area (Å²) < 4.78 is 43.4. The van der Waals surface area contributed by atoms with E-state index in [0.717, 1.165) is 12.1 Å². The van der Waals surface area contributed by atoms with Gasteiger partial charge in [0, 0.05) is 13.1 Å². The van der Waals surface area contributed by atoms with Gasteiger partial charge in [0.1, 0.15) is 5.75 Å². The molecule has 20 heavy (non-hydrogen) atoms. The van der Waals surface area contributed by atoms with Crippen molar-refractivity contribution in [2.75, 3.05) is 20.2 Å². The molecule has 0 fully saturated rings. The zero-order valence-corrected chi connectivity index (χ0v) is 11.9. The van der Waals surface area contributed by atoms with Crippen LogP contribution in [0.3, 0.4) is 0 Å². The number of likely N-dealkylation sites (N-methyl/N-ethyl adjacent to an activating group) is 1. The van der Waals surface area contributed by atoms with Gasteiger partial charge in [0.05, 0.1) is 18.3 Å². The number of ether oxygens (including phenoxy) is 1. The Morgan fingerprint density at radius 2 is 1.95 bits per heavy atom. The van der Waals surface area contributed by atoms with Crippen LogP contribution in [-0.2, 0) is 17.5 Å². The predicted molar refractivity (Wildman–Crippen MR) is 70.5 cm³/mol. The standard InChI is InChI=1S/C14H20F3NO2/c1-10(2)20-7-6-18(3)9-11-4-5-13(19)12(8-11)14(15,16)17/h4-5,8,10,19H,6-7,9H2,1-3H3. The van der Waals surface area contributed by atoms with Crippen LogP contribution in [-0.4, -0.2) is 36.3 Å². The van der Waals surface area contributed by atoms with Gasteiger partial charge in [-0.25, -0.2) is 0 Å². The van der Waals surface area contributed by atoms with E-state index in [2.05, 4.69) is 0 Å². The highest BCUT2D eigenvalue weighted by molar-refractivity contribution is 5.38. The van der Waals surface area contributed by atoms with Gasteiger partial charge in [0.15, 0.2) is 0 Å². The molecule has 0 aliphatic rings. The van der Waals surface area contributed by atoms with Gasteiger partial charge >= 0.3 is 6.18 Å². The number of hydrogen-bond acceptors (Lipinski definition) is 3. The highest BCUT2D eigenvalue weighted by Crippen LogP contribution is 2.36. The minimum Gasteiger partial charge on any atom is -0.507 e. The zero-order chi connectivity index (χ0) is 15.3. The molecule has 0 radical (unpaired) electrons. The number of phenols is 1. The molecule has 114 valence electrons. The first-order valence-corrected chi connectivity index (χ1v) is 6.39. The van der Waals surface area contributed by atoms with Gasteiger partial charge in [-0.1, -0.05) is 6.07 Å². The second-order valence-corrected chi connectivity index (χ2v) is 5.01. The van der Waals surface area contributed by atoms with Crippen molar-refractivity contribution in [1.82, 2.24) is 4.90 Å². The number of rotatable bonds is 6. The van der Waals surface area contributed by atoms with Crippen molar-refractivity contribution in [2.45, 2.75) is 32.7 Å². The molecule has 0 spiro atoms. The first-order chi connectivity index (χ1) is 9.20. The number of alkyl halides is 3. The summed E-state index contributed by atoms with van der Waals surface area (Å²) in [6.07, 6.45) is -4.41. The van der Waals surface area contributed by atoms with Crippen molar-refractivity contribution < 1.29 is 23.0 Å². The number of aromatic hydroxyl groups is 1. The van der Waals surface area contributed by atoms with Crippen LogP contribution < -0.4 is 0 Å². The molecule has 0 aliphatic heterocycles. The maximum absolute atomic E-state index is 12.7. The Kier molecular flexibility index (Phi) is 5.83. The Morgan fingerprint density at radius 3 is 2.50 bits per heavy atom. The van der Waals surface area contributed by atoms with Gasteiger partial charge in [0.2, 0.25) is 0 Å². The molecule has 0 unspecified atom stereocenters. The Balaban J connectivity index is 2.64. The summed E-state index contributed by atoms with van der Waals surface area (Å²) in [7, 11) is 1.81. The summed E-state index contributed by atoms with van der Waals surface area (Å²) in [6, 6.07) is 3.55. The van der Waals surface area contributed by atoms with Crippen LogP contribution in [0.25, 0.3) is 0 Å². The fourth-order valence-corrected chi connectivity index (χ4v) is 1.74. The van der Waals surface area contributed by atoms with Crippen molar-refractivity contribution in [3.8, 4) is 5.75 Å². The van der Waals surface area contributed by atoms with Crippen molar-refractivity contribution in [2.24, 2.45) is 0 Å². The molecule has 3 nitrogen and oxygen atoms in total. The van der Waals surface area contributed by atoms with E-state index in [1.54, 1.807) is 0 Å². The second-order valence-electron chi connectivity index (χ2n) is 5.01. The van der Waals surface area contributed by atoms with Gasteiger partial charge in [0.25, 0.3) is 0 Å². The topological polar surface area (TPSA) is 32.7 Å². The molecule has 1 aromatic carbocycles. The Hall–Kier alpha value is -1.27. The maximum Gasteiger partial charge on any atom is 0.419 e. The molecule has 0 amide bonds. The SMILES string of the molecule is CC(C)OCCN(C)Cc1ccc(O)c(C(F)(F)F)c1. The van der Waals surface area contributed by atoms with Gasteiger partial charge in [-0.2, -0.15) is 13.2 Å². The Morgan fingerprint density at radius 1 is 1.30 bits per heavy atom. The number of nitrogens with zero attached hydrogens (tertiary/aromatic N) is 1. The third-order valence-corrected chi connectivity index (χ3v) is 2.74. The molecule has 0 bridgehead atoms. The molecule has 0 saturated carbocycles. The minimum absolute atomic E-state index is 0.133. The molecule has 0 aliphatic carbocycles. The molecule has 0 saturated heterocycles. The lowest BCUT2D eigenvalue weighted by atomic mass is 10.1. The molecule has 0 atom stereocenters. The Bertz CT molecular complexity index is 433. The third-order valence-electron chi connectivity index (χ3n) is 2.74. The van der Waals surface area contributed by atoms with E-state index in [-0.39, 0.29) is 6.10 Å². The number of benzene rings is 1. The van der Waals surface area contributed by atoms with E-state index in [9.17, 15) is 18.3 Å². The van der Waals surface area contributed by atoms with E-state index in [0.29, 0.717) is 25.3 Å². The lowest BCUT2D eigenvalue weighted by Gasteiger charge is -2.18. The summed E-state index contributed by atoms with van der Waals surface area (Å²) in [5.41, 5.74) is -0.496. The first-order valence-electron chi connectivity index (χ1n) is 6.39. The highest BCUT2D eigenvalue weighted by atomic mass is 19.4. The predicted octanol–water partition coefficient (Wildman–Crippen LogP) is 3.27. The van der Waals surface area contributed by atoms with Crippen LogP contribution in [0.5, 0.6) is 5.75 Å². The highest BCUT2D eigenvalue weighted by Gasteiger charge is 2.33. The van der Waals surface area contributed by atoms with Gasteiger partial charge in [-0.05, 0) is 38.6 Å². The fourth-order valence-electron chi connectivity index (χ4n) is 1.74. The third kappa shape index (κ3) is 5.38. The normalized spacial score (nSPS) is 12.4.